The predicted molar refractivity (Wildman–Crippen MR) is 92.5 cm³/mol. The molecule has 0 aliphatic rings. The van der Waals surface area contributed by atoms with Crippen molar-refractivity contribution in [2.24, 2.45) is 0 Å². The van der Waals surface area contributed by atoms with Gasteiger partial charge in [0, 0.05) is 18.1 Å². The second-order valence-corrected chi connectivity index (χ2v) is 5.25. The van der Waals surface area contributed by atoms with Gasteiger partial charge in [0.25, 0.3) is 5.78 Å². The highest BCUT2D eigenvalue weighted by molar-refractivity contribution is 6.66. The minimum atomic E-state index is -0.966. The van der Waals surface area contributed by atoms with E-state index < -0.39 is 17.3 Å². The monoisotopic (exact) mass is 338 g/mol. The van der Waals surface area contributed by atoms with E-state index in [1.807, 2.05) is 6.07 Å². The van der Waals surface area contributed by atoms with E-state index >= 15 is 0 Å². The number of hydrogen-bond donors (Lipinski definition) is 0. The molecule has 2 aromatic rings. The van der Waals surface area contributed by atoms with E-state index in [1.165, 1.54) is 19.1 Å². The van der Waals surface area contributed by atoms with Gasteiger partial charge in [-0.15, -0.1) is 0 Å². The fourth-order valence-corrected chi connectivity index (χ4v) is 1.83. The number of benzene rings is 2. The Bertz CT molecular complexity index is 776. The average Bonchev–Trinajstić information content (AvgIpc) is 2.62. The van der Waals surface area contributed by atoms with Gasteiger partial charge in [-0.25, -0.2) is 0 Å². The van der Waals surface area contributed by atoms with Crippen molar-refractivity contribution in [1.29, 1.82) is 0 Å². The molecule has 0 amide bonds. The lowest BCUT2D eigenvalue weighted by molar-refractivity contribution is -0.132. The van der Waals surface area contributed by atoms with E-state index in [4.69, 9.17) is 0 Å². The first-order valence-electron chi connectivity index (χ1n) is 7.55. The highest BCUT2D eigenvalue weighted by Gasteiger charge is 2.19. The molecule has 0 spiro atoms. The molecule has 0 heterocycles. The lowest BCUT2D eigenvalue weighted by Crippen LogP contribution is -2.21. The molecule has 0 unspecified atom stereocenters. The molecule has 25 heavy (non-hydrogen) atoms. The molecular weight excluding hydrogens is 320 g/mol. The normalized spacial score (nSPS) is 9.36. The quantitative estimate of drug-likeness (QED) is 0.459. The van der Waals surface area contributed by atoms with Crippen molar-refractivity contribution in [2.45, 2.75) is 20.3 Å². The van der Waals surface area contributed by atoms with Crippen LogP contribution in [0, 0.1) is 0 Å². The number of Topliss-reactive ketones (excluding diaryl/α,β-unsaturated/α-hetero) is 5. The van der Waals surface area contributed by atoms with Crippen LogP contribution >= 0.6 is 0 Å². The Morgan fingerprint density at radius 3 is 1.52 bits per heavy atom. The fourth-order valence-electron chi connectivity index (χ4n) is 1.83. The van der Waals surface area contributed by atoms with Crippen LogP contribution in [0.4, 0.5) is 0 Å². The van der Waals surface area contributed by atoms with Gasteiger partial charge in [-0.05, 0) is 6.92 Å². The summed E-state index contributed by atoms with van der Waals surface area (Å²) in [6.45, 7) is 2.50. The van der Waals surface area contributed by atoms with Crippen molar-refractivity contribution in [3.63, 3.8) is 0 Å². The van der Waals surface area contributed by atoms with Gasteiger partial charge in [-0.1, -0.05) is 60.7 Å². The highest BCUT2D eigenvalue weighted by Crippen LogP contribution is 2.03. The third kappa shape index (κ3) is 6.83. The van der Waals surface area contributed by atoms with Crippen molar-refractivity contribution >= 4 is 28.9 Å². The number of carbonyl (C=O) groups excluding carboxylic acids is 5. The van der Waals surface area contributed by atoms with Crippen molar-refractivity contribution in [3.8, 4) is 0 Å². The summed E-state index contributed by atoms with van der Waals surface area (Å²) in [6.07, 6.45) is 0.00398. The van der Waals surface area contributed by atoms with E-state index in [2.05, 4.69) is 0 Å². The summed E-state index contributed by atoms with van der Waals surface area (Å²) in [5.41, 5.74) is 0.857. The number of ketones is 5. The first-order chi connectivity index (χ1) is 11.8. The van der Waals surface area contributed by atoms with Gasteiger partial charge in [0.15, 0.2) is 5.78 Å². The smallest absolute Gasteiger partial charge is 0.268 e. The van der Waals surface area contributed by atoms with Crippen molar-refractivity contribution < 1.29 is 24.0 Å². The standard InChI is InChI=1S/C10H8O3.C10H10O2/c1-7(11)9(12)10(13)8-5-3-2-4-6-8;1-8(11)7-10(12)9-5-3-2-4-6-9/h2-6H,1H3;2-6H,7H2,1H3. The van der Waals surface area contributed by atoms with Crippen LogP contribution in [0.3, 0.4) is 0 Å². The highest BCUT2D eigenvalue weighted by atomic mass is 16.2. The summed E-state index contributed by atoms with van der Waals surface area (Å²) in [7, 11) is 0. The Morgan fingerprint density at radius 1 is 0.680 bits per heavy atom. The molecular formula is C20H18O5. The molecule has 2 rings (SSSR count). The molecule has 0 aromatic heterocycles. The van der Waals surface area contributed by atoms with E-state index in [0.29, 0.717) is 5.56 Å². The molecule has 0 aliphatic heterocycles. The lowest BCUT2D eigenvalue weighted by atomic mass is 10.1. The summed E-state index contributed by atoms with van der Waals surface area (Å²) in [4.78, 5) is 54.6. The summed E-state index contributed by atoms with van der Waals surface area (Å²) < 4.78 is 0. The minimum Gasteiger partial charge on any atom is -0.300 e. The van der Waals surface area contributed by atoms with Crippen LogP contribution < -0.4 is 0 Å². The van der Waals surface area contributed by atoms with Crippen LogP contribution in [0.15, 0.2) is 60.7 Å². The lowest BCUT2D eigenvalue weighted by Gasteiger charge is -1.95. The van der Waals surface area contributed by atoms with Gasteiger partial charge in [0.05, 0.1) is 6.42 Å². The molecule has 0 radical (unpaired) electrons. The van der Waals surface area contributed by atoms with Crippen molar-refractivity contribution in [3.05, 3.63) is 71.8 Å². The third-order valence-corrected chi connectivity index (χ3v) is 3.07. The first kappa shape index (κ1) is 19.8. The molecule has 0 N–H and O–H groups in total. The van der Waals surface area contributed by atoms with Crippen LogP contribution in [0.5, 0.6) is 0 Å². The molecule has 2 aromatic carbocycles. The van der Waals surface area contributed by atoms with Gasteiger partial charge in [-0.2, -0.15) is 0 Å². The number of rotatable bonds is 6. The molecule has 5 nitrogen and oxygen atoms in total. The van der Waals surface area contributed by atoms with Crippen molar-refractivity contribution in [2.75, 3.05) is 0 Å². The maximum Gasteiger partial charge on any atom is 0.268 e. The van der Waals surface area contributed by atoms with E-state index in [1.54, 1.807) is 42.5 Å². The van der Waals surface area contributed by atoms with Crippen LogP contribution in [0.2, 0.25) is 0 Å². The van der Waals surface area contributed by atoms with Crippen LogP contribution in [0.25, 0.3) is 0 Å². The molecule has 0 bridgehead atoms. The van der Waals surface area contributed by atoms with Gasteiger partial charge in [0.2, 0.25) is 11.6 Å². The predicted octanol–water partition coefficient (Wildman–Crippen LogP) is 2.88. The second-order valence-electron chi connectivity index (χ2n) is 5.25. The maximum atomic E-state index is 11.2. The van der Waals surface area contributed by atoms with Crippen molar-refractivity contribution in [1.82, 2.24) is 0 Å². The molecule has 0 saturated carbocycles. The SMILES string of the molecule is CC(=O)C(=O)C(=O)c1ccccc1.CC(=O)CC(=O)c1ccccc1. The topological polar surface area (TPSA) is 85.3 Å². The van der Waals surface area contributed by atoms with Crippen LogP contribution in [-0.4, -0.2) is 28.9 Å². The van der Waals surface area contributed by atoms with E-state index in [9.17, 15) is 24.0 Å². The Morgan fingerprint density at radius 2 is 1.12 bits per heavy atom. The Hall–Kier alpha value is -3.21. The van der Waals surface area contributed by atoms with Gasteiger partial charge in [-0.3, -0.25) is 24.0 Å². The molecule has 0 atom stereocenters. The molecule has 0 aliphatic carbocycles. The van der Waals surface area contributed by atoms with E-state index in [0.717, 1.165) is 6.92 Å². The summed E-state index contributed by atoms with van der Waals surface area (Å²) in [6, 6.07) is 16.9. The third-order valence-electron chi connectivity index (χ3n) is 3.07. The molecule has 128 valence electrons. The van der Waals surface area contributed by atoms with Crippen LogP contribution in [0.1, 0.15) is 41.0 Å². The maximum absolute atomic E-state index is 11.2. The first-order valence-corrected chi connectivity index (χ1v) is 7.55. The van der Waals surface area contributed by atoms with Gasteiger partial charge in [0.1, 0.15) is 5.78 Å². The van der Waals surface area contributed by atoms with Gasteiger partial charge < -0.3 is 0 Å². The fraction of sp³-hybridized carbons (Fsp3) is 0.150. The largest absolute Gasteiger partial charge is 0.300 e. The average molecular weight is 338 g/mol. The number of hydrogen-bond acceptors (Lipinski definition) is 5. The zero-order chi connectivity index (χ0) is 18.8. The Kier molecular flexibility index (Phi) is 7.79. The molecule has 0 fully saturated rings. The second kappa shape index (κ2) is 9.82. The summed E-state index contributed by atoms with van der Waals surface area (Å²) in [5, 5.41) is 0. The molecule has 0 saturated heterocycles. The zero-order valence-corrected chi connectivity index (χ0v) is 14.0. The Labute approximate surface area is 145 Å². The summed E-state index contributed by atoms with van der Waals surface area (Å²) >= 11 is 0. The van der Waals surface area contributed by atoms with Crippen LogP contribution in [-0.2, 0) is 14.4 Å². The van der Waals surface area contributed by atoms with E-state index in [-0.39, 0.29) is 23.6 Å². The Balaban J connectivity index is 0.000000251. The van der Waals surface area contributed by atoms with Gasteiger partial charge >= 0.3 is 0 Å². The summed E-state index contributed by atoms with van der Waals surface area (Å²) in [5.74, 6) is -2.64. The minimum absolute atomic E-state index is 0.00398. The number of carbonyl (C=O) groups is 5. The zero-order valence-electron chi connectivity index (χ0n) is 14.0. The molecule has 5 heteroatoms.